The van der Waals surface area contributed by atoms with Gasteiger partial charge in [-0.3, -0.25) is 0 Å². The lowest BCUT2D eigenvalue weighted by atomic mass is 9.89. The average molecular weight is 305 g/mol. The molecule has 0 saturated carbocycles. The van der Waals surface area contributed by atoms with Gasteiger partial charge in [-0.1, -0.05) is 18.6 Å². The first-order valence-corrected chi connectivity index (χ1v) is 8.37. The van der Waals surface area contributed by atoms with E-state index in [2.05, 4.69) is 10.5 Å². The molecule has 0 N–H and O–H groups in total. The maximum atomic E-state index is 11.9. The number of anilines is 1. The SMILES string of the molecule is CC(C)(C#N)CCCCN1C=NS(=O)(=O)c2ccccc21. The highest BCUT2D eigenvalue weighted by Crippen LogP contribution is 2.29. The molecular weight excluding hydrogens is 286 g/mol. The van der Waals surface area contributed by atoms with E-state index in [0.29, 0.717) is 12.2 Å². The van der Waals surface area contributed by atoms with E-state index in [0.717, 1.165) is 19.3 Å². The van der Waals surface area contributed by atoms with Gasteiger partial charge < -0.3 is 4.90 Å². The van der Waals surface area contributed by atoms with E-state index in [1.807, 2.05) is 24.8 Å². The quantitative estimate of drug-likeness (QED) is 0.784. The van der Waals surface area contributed by atoms with Gasteiger partial charge in [0.1, 0.15) is 11.2 Å². The molecule has 1 aromatic rings. The molecule has 5 nitrogen and oxygen atoms in total. The van der Waals surface area contributed by atoms with E-state index in [1.165, 1.54) is 6.34 Å². The number of fused-ring (bicyclic) bond motifs is 1. The van der Waals surface area contributed by atoms with Gasteiger partial charge in [0, 0.05) is 6.54 Å². The van der Waals surface area contributed by atoms with Gasteiger partial charge in [0.2, 0.25) is 0 Å². The second kappa shape index (κ2) is 5.86. The van der Waals surface area contributed by atoms with Crippen LogP contribution >= 0.6 is 0 Å². The third kappa shape index (κ3) is 3.61. The van der Waals surface area contributed by atoms with Crippen LogP contribution in [0.2, 0.25) is 0 Å². The Bertz CT molecular complexity index is 687. The fourth-order valence-electron chi connectivity index (χ4n) is 2.23. The Morgan fingerprint density at radius 1 is 1.29 bits per heavy atom. The minimum Gasteiger partial charge on any atom is -0.331 e. The topological polar surface area (TPSA) is 73.5 Å². The molecule has 0 radical (unpaired) electrons. The van der Waals surface area contributed by atoms with Gasteiger partial charge in [-0.15, -0.1) is 4.40 Å². The molecule has 0 bridgehead atoms. The number of para-hydroxylation sites is 1. The van der Waals surface area contributed by atoms with Crippen LogP contribution < -0.4 is 4.90 Å². The number of sulfonamides is 1. The van der Waals surface area contributed by atoms with Crippen molar-refractivity contribution in [2.45, 2.75) is 38.0 Å². The van der Waals surface area contributed by atoms with E-state index >= 15 is 0 Å². The Balaban J connectivity index is 2.02. The van der Waals surface area contributed by atoms with E-state index in [-0.39, 0.29) is 10.3 Å². The summed E-state index contributed by atoms with van der Waals surface area (Å²) >= 11 is 0. The molecule has 21 heavy (non-hydrogen) atoms. The molecule has 0 aliphatic carbocycles. The highest BCUT2D eigenvalue weighted by Gasteiger charge is 2.24. The average Bonchev–Trinajstić information content (AvgIpc) is 2.46. The minimum absolute atomic E-state index is 0.254. The lowest BCUT2D eigenvalue weighted by Crippen LogP contribution is -2.28. The fourth-order valence-corrected chi connectivity index (χ4v) is 3.29. The van der Waals surface area contributed by atoms with Crippen molar-refractivity contribution in [1.29, 1.82) is 5.26 Å². The third-order valence-electron chi connectivity index (χ3n) is 3.53. The molecule has 0 atom stereocenters. The van der Waals surface area contributed by atoms with Crippen LogP contribution in [0.25, 0.3) is 0 Å². The predicted octanol–water partition coefficient (Wildman–Crippen LogP) is 2.94. The van der Waals surface area contributed by atoms with Crippen molar-refractivity contribution in [3.63, 3.8) is 0 Å². The summed E-state index contributed by atoms with van der Waals surface area (Å²) in [5, 5.41) is 8.98. The fraction of sp³-hybridized carbons (Fsp3) is 0.467. The maximum Gasteiger partial charge on any atom is 0.285 e. The Morgan fingerprint density at radius 2 is 2.00 bits per heavy atom. The van der Waals surface area contributed by atoms with Crippen LogP contribution in [0.5, 0.6) is 0 Å². The summed E-state index contributed by atoms with van der Waals surface area (Å²) in [5.74, 6) is 0. The zero-order valence-corrected chi connectivity index (χ0v) is 13.1. The zero-order valence-electron chi connectivity index (χ0n) is 12.3. The van der Waals surface area contributed by atoms with Crippen molar-refractivity contribution in [2.24, 2.45) is 9.81 Å². The summed E-state index contributed by atoms with van der Waals surface area (Å²) in [4.78, 5) is 2.11. The molecule has 1 aliphatic rings. The van der Waals surface area contributed by atoms with E-state index in [9.17, 15) is 8.42 Å². The van der Waals surface area contributed by atoms with Crippen molar-refractivity contribution in [3.8, 4) is 6.07 Å². The Morgan fingerprint density at radius 3 is 2.71 bits per heavy atom. The lowest BCUT2D eigenvalue weighted by Gasteiger charge is -2.25. The molecule has 2 rings (SSSR count). The van der Waals surface area contributed by atoms with Gasteiger partial charge in [-0.05, 0) is 38.8 Å². The largest absolute Gasteiger partial charge is 0.331 e. The minimum atomic E-state index is -3.55. The number of nitriles is 1. The van der Waals surface area contributed by atoms with Gasteiger partial charge in [0.15, 0.2) is 0 Å². The standard InChI is InChI=1S/C15H19N3O2S/c1-15(2,11-16)9-5-6-10-18-12-17-21(19,20)14-8-4-3-7-13(14)18/h3-4,7-8,12H,5-6,9-10H2,1-2H3. The first kappa shape index (κ1) is 15.5. The number of benzene rings is 1. The number of hydrogen-bond acceptors (Lipinski definition) is 4. The number of unbranched alkanes of at least 4 members (excludes halogenated alkanes) is 1. The van der Waals surface area contributed by atoms with Crippen LogP contribution in [0.1, 0.15) is 33.1 Å². The molecule has 0 unspecified atom stereocenters. The summed E-state index contributed by atoms with van der Waals surface area (Å²) in [6.07, 6.45) is 4.01. The summed E-state index contributed by atoms with van der Waals surface area (Å²) in [5.41, 5.74) is 0.365. The Labute approximate surface area is 126 Å². The first-order valence-electron chi connectivity index (χ1n) is 6.93. The smallest absolute Gasteiger partial charge is 0.285 e. The van der Waals surface area contributed by atoms with E-state index < -0.39 is 10.0 Å². The molecule has 0 fully saturated rings. The molecular formula is C15H19N3O2S. The van der Waals surface area contributed by atoms with Crippen LogP contribution in [0.15, 0.2) is 33.6 Å². The second-order valence-corrected chi connectivity index (χ2v) is 7.41. The van der Waals surface area contributed by atoms with Gasteiger partial charge in [-0.25, -0.2) is 0 Å². The molecule has 6 heteroatoms. The summed E-state index contributed by atoms with van der Waals surface area (Å²) < 4.78 is 27.4. The van der Waals surface area contributed by atoms with Crippen LogP contribution in [-0.4, -0.2) is 21.3 Å². The number of nitrogens with zero attached hydrogens (tertiary/aromatic N) is 3. The first-order chi connectivity index (χ1) is 9.86. The molecule has 0 spiro atoms. The summed E-state index contributed by atoms with van der Waals surface area (Å²) in [7, 11) is -3.55. The van der Waals surface area contributed by atoms with Crippen molar-refractivity contribution < 1.29 is 8.42 Å². The van der Waals surface area contributed by atoms with Crippen molar-refractivity contribution in [1.82, 2.24) is 0 Å². The van der Waals surface area contributed by atoms with Crippen LogP contribution in [0.3, 0.4) is 0 Å². The van der Waals surface area contributed by atoms with Crippen molar-refractivity contribution >= 4 is 22.0 Å². The molecule has 1 heterocycles. The number of hydrogen-bond donors (Lipinski definition) is 0. The molecule has 0 amide bonds. The van der Waals surface area contributed by atoms with Gasteiger partial charge in [0.05, 0.1) is 17.2 Å². The van der Waals surface area contributed by atoms with E-state index in [1.54, 1.807) is 18.2 Å². The Kier molecular flexibility index (Phi) is 4.33. The highest BCUT2D eigenvalue weighted by molar-refractivity contribution is 7.90. The van der Waals surface area contributed by atoms with Gasteiger partial charge in [-0.2, -0.15) is 13.7 Å². The third-order valence-corrected chi connectivity index (χ3v) is 4.80. The molecule has 0 saturated heterocycles. The second-order valence-electron chi connectivity index (χ2n) is 5.81. The Hall–Kier alpha value is -1.87. The highest BCUT2D eigenvalue weighted by atomic mass is 32.2. The molecule has 1 aromatic carbocycles. The van der Waals surface area contributed by atoms with Gasteiger partial charge in [0.25, 0.3) is 10.0 Å². The van der Waals surface area contributed by atoms with Gasteiger partial charge >= 0.3 is 0 Å². The van der Waals surface area contributed by atoms with E-state index in [4.69, 9.17) is 5.26 Å². The maximum absolute atomic E-state index is 11.9. The normalized spacial score (nSPS) is 16.3. The van der Waals surface area contributed by atoms with Crippen molar-refractivity contribution in [2.75, 3.05) is 11.4 Å². The number of rotatable bonds is 5. The monoisotopic (exact) mass is 305 g/mol. The summed E-state index contributed by atoms with van der Waals surface area (Å²) in [6.45, 7) is 4.55. The van der Waals surface area contributed by atoms with Crippen molar-refractivity contribution in [3.05, 3.63) is 24.3 Å². The molecule has 1 aliphatic heterocycles. The molecule has 112 valence electrons. The van der Waals surface area contributed by atoms with Crippen LogP contribution in [-0.2, 0) is 10.0 Å². The lowest BCUT2D eigenvalue weighted by molar-refractivity contribution is 0.428. The van der Waals surface area contributed by atoms with Crippen LogP contribution in [0.4, 0.5) is 5.69 Å². The van der Waals surface area contributed by atoms with Crippen LogP contribution in [0, 0.1) is 16.7 Å². The zero-order chi connectivity index (χ0) is 15.5. The predicted molar refractivity (Wildman–Crippen MR) is 82.7 cm³/mol. The molecule has 0 aromatic heterocycles. The summed E-state index contributed by atoms with van der Waals surface area (Å²) in [6, 6.07) is 9.17.